The summed E-state index contributed by atoms with van der Waals surface area (Å²) in [5, 5.41) is 9.23. The van der Waals surface area contributed by atoms with Crippen LogP contribution in [0.2, 0.25) is 5.02 Å². The van der Waals surface area contributed by atoms with Gasteiger partial charge in [0, 0.05) is 21.4 Å². The summed E-state index contributed by atoms with van der Waals surface area (Å²) in [5.41, 5.74) is 5.87. The number of aliphatic carboxylic acids is 1. The molecule has 0 aliphatic carbocycles. The molecule has 0 spiro atoms. The highest BCUT2D eigenvalue weighted by Gasteiger charge is 2.34. The molecule has 19 heavy (non-hydrogen) atoms. The molecule has 7 heteroatoms. The van der Waals surface area contributed by atoms with Gasteiger partial charge in [-0.05, 0) is 31.5 Å². The van der Waals surface area contributed by atoms with Gasteiger partial charge >= 0.3 is 5.97 Å². The summed E-state index contributed by atoms with van der Waals surface area (Å²) < 4.78 is 10.7. The van der Waals surface area contributed by atoms with E-state index < -0.39 is 27.4 Å². The molecule has 5 nitrogen and oxygen atoms in total. The maximum absolute atomic E-state index is 12.0. The summed E-state index contributed by atoms with van der Waals surface area (Å²) in [4.78, 5) is 22.0. The fraction of sp³-hybridized carbons (Fsp3) is 0.333. The molecule has 0 saturated heterocycles. The average molecular weight is 304 g/mol. The lowest BCUT2D eigenvalue weighted by Gasteiger charge is -2.18. The van der Waals surface area contributed by atoms with Crippen molar-refractivity contribution in [1.82, 2.24) is 0 Å². The Morgan fingerprint density at radius 3 is 2.42 bits per heavy atom. The number of carbonyl (C=O) groups excluding carboxylic acids is 1. The molecule has 1 rings (SSSR count). The lowest BCUT2D eigenvalue weighted by Crippen LogP contribution is -2.37. The SMILES string of the molecule is CC(C)(C(=O)O)S(=O)Cc1ccc(C(N)=O)cc1Cl. The van der Waals surface area contributed by atoms with E-state index in [9.17, 15) is 13.8 Å². The van der Waals surface area contributed by atoms with Gasteiger partial charge < -0.3 is 10.8 Å². The Bertz CT molecular complexity index is 557. The largest absolute Gasteiger partial charge is 0.480 e. The third kappa shape index (κ3) is 3.54. The van der Waals surface area contributed by atoms with Gasteiger partial charge in [0.1, 0.15) is 4.75 Å². The van der Waals surface area contributed by atoms with E-state index in [4.69, 9.17) is 22.4 Å². The summed E-state index contributed by atoms with van der Waals surface area (Å²) >= 11 is 5.96. The standard InChI is InChI=1S/C12H14ClNO4S/c1-12(2,11(16)17)19(18)6-8-4-3-7(10(14)15)5-9(8)13/h3-5H,6H2,1-2H3,(H2,14,15)(H,16,17). The summed E-state index contributed by atoms with van der Waals surface area (Å²) in [5.74, 6) is -1.76. The highest BCUT2D eigenvalue weighted by molar-refractivity contribution is 7.86. The van der Waals surface area contributed by atoms with Crippen LogP contribution in [0, 0.1) is 0 Å². The van der Waals surface area contributed by atoms with E-state index in [1.54, 1.807) is 0 Å². The van der Waals surface area contributed by atoms with Gasteiger partial charge in [0.2, 0.25) is 5.91 Å². The van der Waals surface area contributed by atoms with Gasteiger partial charge in [0.15, 0.2) is 0 Å². The Labute approximate surface area is 118 Å². The lowest BCUT2D eigenvalue weighted by atomic mass is 10.1. The van der Waals surface area contributed by atoms with Crippen molar-refractivity contribution in [2.75, 3.05) is 0 Å². The van der Waals surface area contributed by atoms with Gasteiger partial charge in [-0.2, -0.15) is 0 Å². The molecule has 0 fully saturated rings. The minimum Gasteiger partial charge on any atom is -0.480 e. The maximum Gasteiger partial charge on any atom is 0.321 e. The Morgan fingerprint density at radius 2 is 2.00 bits per heavy atom. The number of primary amides is 1. The monoisotopic (exact) mass is 303 g/mol. The van der Waals surface area contributed by atoms with E-state index in [1.165, 1.54) is 32.0 Å². The first-order valence-corrected chi connectivity index (χ1v) is 7.06. The molecule has 1 aromatic carbocycles. The molecule has 0 aliphatic rings. The first-order valence-electron chi connectivity index (χ1n) is 5.36. The fourth-order valence-electron chi connectivity index (χ4n) is 1.24. The molecule has 1 amide bonds. The molecular formula is C12H14ClNO4S. The molecule has 1 unspecified atom stereocenters. The van der Waals surface area contributed by atoms with Crippen LogP contribution in [0.15, 0.2) is 18.2 Å². The predicted molar refractivity (Wildman–Crippen MR) is 73.5 cm³/mol. The number of hydrogen-bond donors (Lipinski definition) is 2. The van der Waals surface area contributed by atoms with Gasteiger partial charge in [0.05, 0.1) is 5.75 Å². The molecular weight excluding hydrogens is 290 g/mol. The second kappa shape index (κ2) is 5.71. The van der Waals surface area contributed by atoms with E-state index in [-0.39, 0.29) is 16.3 Å². The molecule has 0 aliphatic heterocycles. The zero-order valence-corrected chi connectivity index (χ0v) is 12.0. The number of rotatable bonds is 5. The number of carboxylic acids is 1. The Morgan fingerprint density at radius 1 is 1.42 bits per heavy atom. The van der Waals surface area contributed by atoms with Crippen LogP contribution in [0.3, 0.4) is 0 Å². The van der Waals surface area contributed by atoms with Crippen molar-refractivity contribution in [3.05, 3.63) is 34.3 Å². The van der Waals surface area contributed by atoms with Crippen LogP contribution in [-0.2, 0) is 21.3 Å². The van der Waals surface area contributed by atoms with Crippen molar-refractivity contribution < 1.29 is 18.9 Å². The molecule has 1 atom stereocenters. The Kier molecular flexibility index (Phi) is 4.70. The number of carbonyl (C=O) groups is 2. The third-order valence-electron chi connectivity index (χ3n) is 2.71. The summed E-state index contributed by atoms with van der Waals surface area (Å²) in [6.45, 7) is 2.77. The first-order chi connectivity index (χ1) is 8.66. The van der Waals surface area contributed by atoms with Crippen LogP contribution in [-0.4, -0.2) is 25.9 Å². The Hall–Kier alpha value is -1.40. The molecule has 0 bridgehead atoms. The van der Waals surface area contributed by atoms with Crippen LogP contribution in [0.4, 0.5) is 0 Å². The average Bonchev–Trinajstić information content (AvgIpc) is 2.30. The van der Waals surface area contributed by atoms with Crippen molar-refractivity contribution in [1.29, 1.82) is 0 Å². The van der Waals surface area contributed by atoms with Crippen molar-refractivity contribution in [3.8, 4) is 0 Å². The van der Waals surface area contributed by atoms with Gasteiger partial charge in [-0.3, -0.25) is 13.8 Å². The number of carboxylic acid groups (broad SMARTS) is 1. The van der Waals surface area contributed by atoms with Crippen LogP contribution in [0.1, 0.15) is 29.8 Å². The molecule has 1 aromatic rings. The third-order valence-corrected chi connectivity index (χ3v) is 4.95. The van der Waals surface area contributed by atoms with Crippen LogP contribution < -0.4 is 5.73 Å². The van der Waals surface area contributed by atoms with Crippen molar-refractivity contribution in [3.63, 3.8) is 0 Å². The molecule has 3 N–H and O–H groups in total. The number of halogens is 1. The van der Waals surface area contributed by atoms with Crippen LogP contribution >= 0.6 is 11.6 Å². The predicted octanol–water partition coefficient (Wildman–Crippen LogP) is 1.55. The minimum atomic E-state index is -1.64. The number of benzene rings is 1. The van der Waals surface area contributed by atoms with Gasteiger partial charge in [0.25, 0.3) is 0 Å². The maximum atomic E-state index is 12.0. The Balaban J connectivity index is 2.98. The van der Waals surface area contributed by atoms with Crippen LogP contribution in [0.5, 0.6) is 0 Å². The number of amides is 1. The highest BCUT2D eigenvalue weighted by Crippen LogP contribution is 2.23. The van der Waals surface area contributed by atoms with E-state index in [0.29, 0.717) is 5.56 Å². The van der Waals surface area contributed by atoms with E-state index in [1.807, 2.05) is 0 Å². The van der Waals surface area contributed by atoms with Crippen LogP contribution in [0.25, 0.3) is 0 Å². The van der Waals surface area contributed by atoms with E-state index >= 15 is 0 Å². The van der Waals surface area contributed by atoms with Gasteiger partial charge in [-0.15, -0.1) is 0 Å². The lowest BCUT2D eigenvalue weighted by molar-refractivity contribution is -0.139. The van der Waals surface area contributed by atoms with Gasteiger partial charge in [-0.25, -0.2) is 0 Å². The highest BCUT2D eigenvalue weighted by atomic mass is 35.5. The molecule has 0 aromatic heterocycles. The molecule has 0 saturated carbocycles. The summed E-state index contributed by atoms with van der Waals surface area (Å²) in [6, 6.07) is 4.37. The minimum absolute atomic E-state index is 0.00280. The molecule has 104 valence electrons. The van der Waals surface area contributed by atoms with Crippen molar-refractivity contribution in [2.24, 2.45) is 5.73 Å². The fourth-order valence-corrected chi connectivity index (χ4v) is 2.65. The quantitative estimate of drug-likeness (QED) is 0.862. The summed E-state index contributed by atoms with van der Waals surface area (Å²) in [6.07, 6.45) is 0. The number of hydrogen-bond acceptors (Lipinski definition) is 3. The van der Waals surface area contributed by atoms with Gasteiger partial charge in [-0.1, -0.05) is 17.7 Å². The van der Waals surface area contributed by atoms with E-state index in [0.717, 1.165) is 0 Å². The smallest absolute Gasteiger partial charge is 0.321 e. The zero-order chi connectivity index (χ0) is 14.8. The van der Waals surface area contributed by atoms with Crippen molar-refractivity contribution in [2.45, 2.75) is 24.3 Å². The number of nitrogens with two attached hydrogens (primary N) is 1. The topological polar surface area (TPSA) is 97.5 Å². The second-order valence-electron chi connectivity index (χ2n) is 4.48. The second-order valence-corrected chi connectivity index (χ2v) is 6.88. The normalized spacial score (nSPS) is 13.0. The summed E-state index contributed by atoms with van der Waals surface area (Å²) in [7, 11) is -1.64. The van der Waals surface area contributed by atoms with E-state index in [2.05, 4.69) is 0 Å². The zero-order valence-electron chi connectivity index (χ0n) is 10.5. The molecule has 0 heterocycles. The molecule has 0 radical (unpaired) electrons. The first kappa shape index (κ1) is 15.7. The van der Waals surface area contributed by atoms with Crippen molar-refractivity contribution >= 4 is 34.3 Å².